The minimum atomic E-state index is -3.49. The van der Waals surface area contributed by atoms with Crippen LogP contribution in [0.15, 0.2) is 36.3 Å². The molecule has 0 radical (unpaired) electrons. The Balaban J connectivity index is 2.16. The molecule has 1 aliphatic rings. The fourth-order valence-electron chi connectivity index (χ4n) is 1.89. The molecule has 0 unspecified atom stereocenters. The fraction of sp³-hybridized carbons (Fsp3) is 0.429. The molecule has 7 heteroatoms. The van der Waals surface area contributed by atoms with Crippen LogP contribution in [-0.2, 0) is 19.3 Å². The molecule has 5 nitrogen and oxygen atoms in total. The predicted octanol–water partition coefficient (Wildman–Crippen LogP) is 1.87. The second-order valence-electron chi connectivity index (χ2n) is 6.02. The van der Waals surface area contributed by atoms with Crippen molar-refractivity contribution in [1.82, 2.24) is 0 Å². The zero-order valence-electron chi connectivity index (χ0n) is 12.7. The van der Waals surface area contributed by atoms with Gasteiger partial charge in [-0.2, -0.15) is 0 Å². The van der Waals surface area contributed by atoms with Gasteiger partial charge in [0.25, 0.3) is 10.0 Å². The molecule has 0 bridgehead atoms. The molecule has 1 fully saturated rings. The lowest BCUT2D eigenvalue weighted by Crippen LogP contribution is -2.41. The average molecular weight is 309 g/mol. The molecule has 0 spiro atoms. The van der Waals surface area contributed by atoms with Gasteiger partial charge in [-0.05, 0) is 45.3 Å². The van der Waals surface area contributed by atoms with Crippen LogP contribution in [-0.4, -0.2) is 26.7 Å². The van der Waals surface area contributed by atoms with E-state index >= 15 is 0 Å². The van der Waals surface area contributed by atoms with Crippen LogP contribution < -0.4 is 10.2 Å². The molecule has 0 atom stereocenters. The highest BCUT2D eigenvalue weighted by molar-refractivity contribution is 7.95. The third kappa shape index (κ3) is 3.31. The quantitative estimate of drug-likeness (QED) is 0.862. The van der Waals surface area contributed by atoms with Crippen LogP contribution >= 0.6 is 0 Å². The topological polar surface area (TPSA) is 64.6 Å². The maximum atomic E-state index is 11.4. The first kappa shape index (κ1) is 16.1. The Morgan fingerprint density at radius 2 is 1.57 bits per heavy atom. The van der Waals surface area contributed by atoms with Crippen LogP contribution in [0.1, 0.15) is 27.7 Å². The normalized spacial score (nSPS) is 20.3. The summed E-state index contributed by atoms with van der Waals surface area (Å²) in [6.07, 6.45) is 0. The zero-order chi connectivity index (χ0) is 15.9. The largest absolute Gasteiger partial charge is 0.494 e. The summed E-state index contributed by atoms with van der Waals surface area (Å²) in [5.41, 5.74) is 0.506. The van der Waals surface area contributed by atoms with E-state index in [1.165, 1.54) is 0 Å². The molecule has 0 amide bonds. The Morgan fingerprint density at radius 3 is 2.00 bits per heavy atom. The Bertz CT molecular complexity index is 621. The number of anilines is 1. The lowest BCUT2D eigenvalue weighted by molar-refractivity contribution is 0.00578. The molecule has 1 N–H and O–H groups in total. The first-order valence-electron chi connectivity index (χ1n) is 6.67. The summed E-state index contributed by atoms with van der Waals surface area (Å²) in [7, 11) is -3.95. The summed E-state index contributed by atoms with van der Waals surface area (Å²) < 4.78 is 37.1. The van der Waals surface area contributed by atoms with E-state index in [4.69, 9.17) is 9.31 Å². The molecular formula is C14H20BNO4S. The molecule has 0 aromatic heterocycles. The van der Waals surface area contributed by atoms with Crippen molar-refractivity contribution in [2.24, 2.45) is 0 Å². The fourth-order valence-corrected chi connectivity index (χ4v) is 2.44. The van der Waals surface area contributed by atoms with E-state index in [1.807, 2.05) is 27.7 Å². The van der Waals surface area contributed by atoms with Gasteiger partial charge in [-0.1, -0.05) is 18.7 Å². The van der Waals surface area contributed by atoms with E-state index in [0.29, 0.717) is 5.69 Å². The van der Waals surface area contributed by atoms with Gasteiger partial charge < -0.3 is 9.31 Å². The molecule has 1 aromatic carbocycles. The van der Waals surface area contributed by atoms with Crippen molar-refractivity contribution in [3.8, 4) is 0 Å². The van der Waals surface area contributed by atoms with Gasteiger partial charge in [0.05, 0.1) is 11.2 Å². The van der Waals surface area contributed by atoms with Crippen molar-refractivity contribution in [2.45, 2.75) is 38.9 Å². The average Bonchev–Trinajstić information content (AvgIpc) is 2.59. The zero-order valence-corrected chi connectivity index (χ0v) is 13.5. The second-order valence-corrected chi connectivity index (χ2v) is 7.65. The molecule has 0 saturated carbocycles. The highest BCUT2D eigenvalue weighted by Crippen LogP contribution is 2.36. The number of nitrogens with one attached hydrogen (secondary N) is 1. The molecule has 1 heterocycles. The highest BCUT2D eigenvalue weighted by Gasteiger charge is 2.51. The molecule has 1 aromatic rings. The van der Waals surface area contributed by atoms with Crippen LogP contribution in [0.3, 0.4) is 0 Å². The minimum absolute atomic E-state index is 0.402. The molecule has 0 aliphatic carbocycles. The van der Waals surface area contributed by atoms with Crippen LogP contribution in [0.4, 0.5) is 5.69 Å². The molecule has 114 valence electrons. The van der Waals surface area contributed by atoms with E-state index in [9.17, 15) is 8.42 Å². The Morgan fingerprint density at radius 1 is 1.10 bits per heavy atom. The first-order valence-corrected chi connectivity index (χ1v) is 8.22. The Kier molecular flexibility index (Phi) is 3.95. The van der Waals surface area contributed by atoms with E-state index in [0.717, 1.165) is 10.9 Å². The molecule has 1 aliphatic heterocycles. The van der Waals surface area contributed by atoms with Crippen molar-refractivity contribution in [3.05, 3.63) is 36.3 Å². The third-order valence-electron chi connectivity index (χ3n) is 3.92. The minimum Gasteiger partial charge on any atom is -0.399 e. The number of hydrogen-bond acceptors (Lipinski definition) is 4. The van der Waals surface area contributed by atoms with Crippen LogP contribution in [0.5, 0.6) is 0 Å². The van der Waals surface area contributed by atoms with Gasteiger partial charge in [-0.15, -0.1) is 0 Å². The summed E-state index contributed by atoms with van der Waals surface area (Å²) in [6.45, 7) is 11.2. The van der Waals surface area contributed by atoms with Crippen molar-refractivity contribution < 1.29 is 17.7 Å². The smallest absolute Gasteiger partial charge is 0.399 e. The van der Waals surface area contributed by atoms with Crippen LogP contribution in [0.2, 0.25) is 0 Å². The number of benzene rings is 1. The third-order valence-corrected chi connectivity index (χ3v) is 4.87. The van der Waals surface area contributed by atoms with Crippen molar-refractivity contribution >= 4 is 28.3 Å². The predicted molar refractivity (Wildman–Crippen MR) is 84.9 cm³/mol. The summed E-state index contributed by atoms with van der Waals surface area (Å²) in [4.78, 5) is 0. The van der Waals surface area contributed by atoms with Gasteiger partial charge in [0, 0.05) is 11.1 Å². The monoisotopic (exact) mass is 309 g/mol. The maximum Gasteiger partial charge on any atom is 0.494 e. The molecule has 2 rings (SSSR count). The summed E-state index contributed by atoms with van der Waals surface area (Å²) in [5.74, 6) is 0. The maximum absolute atomic E-state index is 11.4. The summed E-state index contributed by atoms with van der Waals surface area (Å²) in [5, 5.41) is 0.870. The van der Waals surface area contributed by atoms with Gasteiger partial charge in [0.1, 0.15) is 0 Å². The molecular weight excluding hydrogens is 289 g/mol. The van der Waals surface area contributed by atoms with Gasteiger partial charge >= 0.3 is 7.12 Å². The standard InChI is InChI=1S/C14H20BNO4S/c1-6-21(17,18)16-12-9-7-11(8-10-12)15-19-13(2,3)14(4,5)20-15/h6-10,16H,1H2,2-5H3. The number of hydrogen-bond donors (Lipinski definition) is 1. The second kappa shape index (κ2) is 5.16. The molecule has 21 heavy (non-hydrogen) atoms. The van der Waals surface area contributed by atoms with E-state index in [2.05, 4.69) is 11.3 Å². The van der Waals surface area contributed by atoms with E-state index < -0.39 is 28.3 Å². The SMILES string of the molecule is C=CS(=O)(=O)Nc1ccc(B2OC(C)(C)C(C)(C)O2)cc1. The Hall–Kier alpha value is -1.31. The Labute approximate surface area is 126 Å². The van der Waals surface area contributed by atoms with Crippen LogP contribution in [0.25, 0.3) is 0 Å². The highest BCUT2D eigenvalue weighted by atomic mass is 32.2. The van der Waals surface area contributed by atoms with Crippen molar-refractivity contribution in [2.75, 3.05) is 4.72 Å². The molecule has 1 saturated heterocycles. The first-order chi connectivity index (χ1) is 9.56. The van der Waals surface area contributed by atoms with E-state index in [1.54, 1.807) is 24.3 Å². The van der Waals surface area contributed by atoms with Crippen molar-refractivity contribution in [3.63, 3.8) is 0 Å². The van der Waals surface area contributed by atoms with Crippen molar-refractivity contribution in [1.29, 1.82) is 0 Å². The summed E-state index contributed by atoms with van der Waals surface area (Å²) in [6, 6.07) is 6.90. The van der Waals surface area contributed by atoms with Gasteiger partial charge in [0.2, 0.25) is 0 Å². The number of sulfonamides is 1. The van der Waals surface area contributed by atoms with Gasteiger partial charge in [-0.3, -0.25) is 4.72 Å². The lowest BCUT2D eigenvalue weighted by Gasteiger charge is -2.32. The summed E-state index contributed by atoms with van der Waals surface area (Å²) >= 11 is 0. The van der Waals surface area contributed by atoms with E-state index in [-0.39, 0.29) is 0 Å². The van der Waals surface area contributed by atoms with Crippen LogP contribution in [0, 0.1) is 0 Å². The van der Waals surface area contributed by atoms with Gasteiger partial charge in [0.15, 0.2) is 0 Å². The van der Waals surface area contributed by atoms with Gasteiger partial charge in [-0.25, -0.2) is 8.42 Å². The number of rotatable bonds is 4. The lowest BCUT2D eigenvalue weighted by atomic mass is 9.79.